The average molecular weight is 433 g/mol. The van der Waals surface area contributed by atoms with Crippen LogP contribution in [0.3, 0.4) is 0 Å². The van der Waals surface area contributed by atoms with Crippen LogP contribution in [0.5, 0.6) is 0 Å². The Balaban J connectivity index is 4.98. The Kier molecular flexibility index (Phi) is 12.2. The van der Waals surface area contributed by atoms with Gasteiger partial charge in [0.2, 0.25) is 23.6 Å². The summed E-state index contributed by atoms with van der Waals surface area (Å²) in [4.78, 5) is 58.5. The van der Waals surface area contributed by atoms with Gasteiger partial charge in [-0.15, -0.1) is 0 Å². The molecule has 13 nitrogen and oxygen atoms in total. The van der Waals surface area contributed by atoms with Crippen molar-refractivity contribution in [3.05, 3.63) is 0 Å². The molecule has 4 amide bonds. The fourth-order valence-electron chi connectivity index (χ4n) is 2.37. The summed E-state index contributed by atoms with van der Waals surface area (Å²) in [6.45, 7) is 2.00. The van der Waals surface area contributed by atoms with Gasteiger partial charge < -0.3 is 42.7 Å². The summed E-state index contributed by atoms with van der Waals surface area (Å²) in [5, 5.41) is 34.3. The molecule has 0 rings (SSSR count). The highest BCUT2D eigenvalue weighted by Crippen LogP contribution is 2.03. The molecule has 0 aromatic heterocycles. The summed E-state index contributed by atoms with van der Waals surface area (Å²) in [7, 11) is 0. The van der Waals surface area contributed by atoms with Crippen LogP contribution in [-0.4, -0.2) is 82.3 Å². The van der Waals surface area contributed by atoms with Gasteiger partial charge in [-0.3, -0.25) is 19.2 Å². The van der Waals surface area contributed by atoms with Crippen molar-refractivity contribution in [2.75, 3.05) is 13.2 Å². The van der Waals surface area contributed by atoms with Gasteiger partial charge >= 0.3 is 5.97 Å². The van der Waals surface area contributed by atoms with E-state index in [1.807, 2.05) is 13.8 Å². The van der Waals surface area contributed by atoms with Crippen LogP contribution < -0.4 is 27.4 Å². The molecule has 4 unspecified atom stereocenters. The molecule has 0 aliphatic rings. The first-order valence-electron chi connectivity index (χ1n) is 9.32. The number of hydrogen-bond donors (Lipinski definition) is 8. The maximum atomic E-state index is 12.3. The van der Waals surface area contributed by atoms with Crippen molar-refractivity contribution >= 4 is 29.6 Å². The number of rotatable bonds is 14. The molecule has 0 spiro atoms. The zero-order chi connectivity index (χ0) is 23.4. The van der Waals surface area contributed by atoms with Crippen LogP contribution in [0, 0.1) is 5.92 Å². The Morgan fingerprint density at radius 2 is 1.27 bits per heavy atom. The van der Waals surface area contributed by atoms with Crippen LogP contribution in [0.4, 0.5) is 0 Å². The maximum Gasteiger partial charge on any atom is 0.326 e. The molecule has 0 aromatic rings. The maximum absolute atomic E-state index is 12.3. The zero-order valence-corrected chi connectivity index (χ0v) is 17.0. The summed E-state index contributed by atoms with van der Waals surface area (Å²) in [6.07, 6.45) is -0.247. The minimum absolute atomic E-state index is 0.117. The smallest absolute Gasteiger partial charge is 0.326 e. The van der Waals surface area contributed by atoms with Crippen molar-refractivity contribution in [2.24, 2.45) is 17.4 Å². The fourth-order valence-corrected chi connectivity index (χ4v) is 2.37. The Morgan fingerprint density at radius 3 is 1.63 bits per heavy atom. The normalized spacial score (nSPS) is 14.9. The molecule has 0 bridgehead atoms. The van der Waals surface area contributed by atoms with Crippen molar-refractivity contribution in [3.8, 4) is 0 Å². The third-order valence-electron chi connectivity index (χ3n) is 3.99. The van der Waals surface area contributed by atoms with E-state index in [1.54, 1.807) is 0 Å². The van der Waals surface area contributed by atoms with Gasteiger partial charge in [-0.2, -0.15) is 0 Å². The lowest BCUT2D eigenvalue weighted by molar-refractivity contribution is -0.143. The molecular formula is C17H31N5O8. The largest absolute Gasteiger partial charge is 0.480 e. The highest BCUT2D eigenvalue weighted by atomic mass is 16.4. The number of aliphatic hydroxyl groups excluding tert-OH is 2. The Labute approximate surface area is 173 Å². The van der Waals surface area contributed by atoms with E-state index < -0.39 is 67.0 Å². The number of nitrogens with two attached hydrogens (primary N) is 2. The minimum atomic E-state index is -1.57. The highest BCUT2D eigenvalue weighted by molar-refractivity contribution is 5.94. The second-order valence-electron chi connectivity index (χ2n) is 7.13. The van der Waals surface area contributed by atoms with Gasteiger partial charge in [0.15, 0.2) is 0 Å². The molecule has 0 fully saturated rings. The molecule has 0 saturated heterocycles. The third kappa shape index (κ3) is 10.1. The van der Waals surface area contributed by atoms with Gasteiger partial charge in [0.05, 0.1) is 19.3 Å². The van der Waals surface area contributed by atoms with Gasteiger partial charge in [0.1, 0.15) is 18.1 Å². The van der Waals surface area contributed by atoms with Gasteiger partial charge in [0, 0.05) is 6.42 Å². The standard InChI is InChI=1S/C17H31N5O8/c1-8(2)5-9(18)14(26)21-11(6-23)16(28)22-12(7-24)15(27)20-10(17(29)30)3-4-13(19)25/h8-12,23-24H,3-7,18H2,1-2H3,(H2,19,25)(H,20,27)(H,21,26)(H,22,28)(H,29,30). The van der Waals surface area contributed by atoms with Crippen LogP contribution in [0.1, 0.15) is 33.1 Å². The van der Waals surface area contributed by atoms with E-state index >= 15 is 0 Å². The van der Waals surface area contributed by atoms with Crippen LogP contribution in [0.15, 0.2) is 0 Å². The number of amides is 4. The first-order valence-corrected chi connectivity index (χ1v) is 9.32. The molecule has 0 aliphatic carbocycles. The Morgan fingerprint density at radius 1 is 0.833 bits per heavy atom. The zero-order valence-electron chi connectivity index (χ0n) is 17.0. The average Bonchev–Trinajstić information content (AvgIpc) is 2.65. The van der Waals surface area contributed by atoms with E-state index in [1.165, 1.54) is 0 Å². The molecule has 172 valence electrons. The SMILES string of the molecule is CC(C)CC(N)C(=O)NC(CO)C(=O)NC(CO)C(=O)NC(CCC(N)=O)C(=O)O. The first kappa shape index (κ1) is 27.2. The summed E-state index contributed by atoms with van der Waals surface area (Å²) >= 11 is 0. The molecule has 30 heavy (non-hydrogen) atoms. The fraction of sp³-hybridized carbons (Fsp3) is 0.706. The number of carbonyl (C=O) groups excluding carboxylic acids is 4. The number of nitrogens with one attached hydrogen (secondary N) is 3. The summed E-state index contributed by atoms with van der Waals surface area (Å²) < 4.78 is 0. The minimum Gasteiger partial charge on any atom is -0.480 e. The van der Waals surface area contributed by atoms with E-state index in [0.29, 0.717) is 6.42 Å². The molecule has 10 N–H and O–H groups in total. The van der Waals surface area contributed by atoms with E-state index in [-0.39, 0.29) is 18.8 Å². The third-order valence-corrected chi connectivity index (χ3v) is 3.99. The Bertz CT molecular complexity index is 627. The van der Waals surface area contributed by atoms with Crippen LogP contribution >= 0.6 is 0 Å². The van der Waals surface area contributed by atoms with Crippen molar-refractivity contribution < 1.29 is 39.3 Å². The monoisotopic (exact) mass is 433 g/mol. The van der Waals surface area contributed by atoms with Crippen LogP contribution in [0.25, 0.3) is 0 Å². The van der Waals surface area contributed by atoms with Crippen molar-refractivity contribution in [1.82, 2.24) is 16.0 Å². The van der Waals surface area contributed by atoms with Crippen LogP contribution in [-0.2, 0) is 24.0 Å². The summed E-state index contributed by atoms with van der Waals surface area (Å²) in [5.41, 5.74) is 10.7. The highest BCUT2D eigenvalue weighted by Gasteiger charge is 2.30. The number of primary amides is 1. The topological polar surface area (TPSA) is 234 Å². The first-order chi connectivity index (χ1) is 13.9. The van der Waals surface area contributed by atoms with Gasteiger partial charge in [-0.05, 0) is 18.8 Å². The van der Waals surface area contributed by atoms with Crippen molar-refractivity contribution in [2.45, 2.75) is 57.3 Å². The lowest BCUT2D eigenvalue weighted by Gasteiger charge is -2.23. The molecule has 0 aliphatic heterocycles. The van der Waals surface area contributed by atoms with Crippen molar-refractivity contribution in [1.29, 1.82) is 0 Å². The predicted molar refractivity (Wildman–Crippen MR) is 103 cm³/mol. The van der Waals surface area contributed by atoms with E-state index in [9.17, 15) is 34.2 Å². The van der Waals surface area contributed by atoms with Crippen LogP contribution in [0.2, 0.25) is 0 Å². The van der Waals surface area contributed by atoms with Gasteiger partial charge in [0.25, 0.3) is 0 Å². The molecule has 0 radical (unpaired) electrons. The van der Waals surface area contributed by atoms with Crippen molar-refractivity contribution in [3.63, 3.8) is 0 Å². The molecule has 0 aromatic carbocycles. The predicted octanol–water partition coefficient (Wildman–Crippen LogP) is -3.85. The molecule has 4 atom stereocenters. The molecule has 0 saturated carbocycles. The quantitative estimate of drug-likeness (QED) is 0.134. The number of hydrogen-bond acceptors (Lipinski definition) is 8. The van der Waals surface area contributed by atoms with E-state index in [2.05, 4.69) is 16.0 Å². The number of carboxylic acids is 1. The number of carboxylic acid groups (broad SMARTS) is 1. The lowest BCUT2D eigenvalue weighted by Crippen LogP contribution is -2.59. The molecule has 0 heterocycles. The second-order valence-corrected chi connectivity index (χ2v) is 7.13. The second kappa shape index (κ2) is 13.5. The van der Waals surface area contributed by atoms with Gasteiger partial charge in [-0.25, -0.2) is 4.79 Å². The van der Waals surface area contributed by atoms with E-state index in [4.69, 9.17) is 16.6 Å². The van der Waals surface area contributed by atoms with Gasteiger partial charge in [-0.1, -0.05) is 13.8 Å². The Hall–Kier alpha value is -2.77. The summed E-state index contributed by atoms with van der Waals surface area (Å²) in [6, 6.07) is -5.39. The molecule has 13 heteroatoms. The summed E-state index contributed by atoms with van der Waals surface area (Å²) in [5.74, 6) is -4.79. The molecular weight excluding hydrogens is 402 g/mol. The number of carbonyl (C=O) groups is 5. The number of aliphatic hydroxyl groups is 2. The number of aliphatic carboxylic acids is 1. The van der Waals surface area contributed by atoms with E-state index in [0.717, 1.165) is 0 Å². The lowest BCUT2D eigenvalue weighted by atomic mass is 10.0.